The SMILES string of the molecule is COc1cnn(C(C)C)c1C(O)C1CC(C)=CC(C)C1. The molecule has 1 aromatic rings. The Hall–Kier alpha value is -1.29. The van der Waals surface area contributed by atoms with Crippen LogP contribution < -0.4 is 4.74 Å². The van der Waals surface area contributed by atoms with Crippen molar-refractivity contribution in [3.05, 3.63) is 23.5 Å². The molecular weight excluding hydrogens is 252 g/mol. The van der Waals surface area contributed by atoms with Gasteiger partial charge in [-0.25, -0.2) is 0 Å². The van der Waals surface area contributed by atoms with Crippen molar-refractivity contribution in [2.24, 2.45) is 11.8 Å². The average molecular weight is 278 g/mol. The Morgan fingerprint density at radius 2 is 2.15 bits per heavy atom. The van der Waals surface area contributed by atoms with Crippen LogP contribution in [0, 0.1) is 11.8 Å². The summed E-state index contributed by atoms with van der Waals surface area (Å²) in [5.74, 6) is 1.44. The molecule has 3 unspecified atom stereocenters. The van der Waals surface area contributed by atoms with E-state index >= 15 is 0 Å². The topological polar surface area (TPSA) is 47.3 Å². The largest absolute Gasteiger partial charge is 0.493 e. The van der Waals surface area contributed by atoms with Gasteiger partial charge in [-0.15, -0.1) is 0 Å². The standard InChI is InChI=1S/C16H26N2O2/c1-10(2)18-15(14(20-5)9-17-18)16(19)13-7-11(3)6-12(4)8-13/h6,9-11,13,16,19H,7-8H2,1-5H3. The second-order valence-electron chi connectivity index (χ2n) is 6.27. The van der Waals surface area contributed by atoms with Crippen molar-refractivity contribution in [1.29, 1.82) is 0 Å². The maximum absolute atomic E-state index is 10.8. The summed E-state index contributed by atoms with van der Waals surface area (Å²) in [6.45, 7) is 8.49. The van der Waals surface area contributed by atoms with Crippen LogP contribution >= 0.6 is 0 Å². The maximum atomic E-state index is 10.8. The number of nitrogens with zero attached hydrogens (tertiary/aromatic N) is 2. The maximum Gasteiger partial charge on any atom is 0.162 e. The molecule has 2 rings (SSSR count). The van der Waals surface area contributed by atoms with Crippen molar-refractivity contribution in [3.8, 4) is 5.75 Å². The van der Waals surface area contributed by atoms with Crippen LogP contribution in [0.25, 0.3) is 0 Å². The Bertz CT molecular complexity index is 491. The molecule has 0 fully saturated rings. The van der Waals surface area contributed by atoms with Crippen molar-refractivity contribution in [1.82, 2.24) is 9.78 Å². The molecule has 0 saturated heterocycles. The van der Waals surface area contributed by atoms with Crippen LogP contribution in [0.5, 0.6) is 5.75 Å². The summed E-state index contributed by atoms with van der Waals surface area (Å²) in [4.78, 5) is 0. The van der Waals surface area contributed by atoms with Gasteiger partial charge in [0.25, 0.3) is 0 Å². The molecular formula is C16H26N2O2. The van der Waals surface area contributed by atoms with Crippen LogP contribution in [0.2, 0.25) is 0 Å². The van der Waals surface area contributed by atoms with Gasteiger partial charge in [0.05, 0.1) is 13.3 Å². The van der Waals surface area contributed by atoms with Gasteiger partial charge in [0.2, 0.25) is 0 Å². The molecule has 1 aromatic heterocycles. The third kappa shape index (κ3) is 2.90. The van der Waals surface area contributed by atoms with E-state index in [4.69, 9.17) is 4.74 Å². The Morgan fingerprint density at radius 3 is 2.70 bits per heavy atom. The molecule has 0 bridgehead atoms. The number of aliphatic hydroxyl groups excluding tert-OH is 1. The summed E-state index contributed by atoms with van der Waals surface area (Å²) in [7, 11) is 1.63. The van der Waals surface area contributed by atoms with Gasteiger partial charge in [-0.1, -0.05) is 18.6 Å². The number of aliphatic hydroxyl groups is 1. The molecule has 4 heteroatoms. The average Bonchev–Trinajstić information content (AvgIpc) is 2.80. The lowest BCUT2D eigenvalue weighted by molar-refractivity contribution is 0.0809. The van der Waals surface area contributed by atoms with E-state index in [0.717, 1.165) is 18.5 Å². The van der Waals surface area contributed by atoms with Gasteiger partial charge in [0.1, 0.15) is 11.8 Å². The van der Waals surface area contributed by atoms with Crippen molar-refractivity contribution in [2.45, 2.75) is 52.7 Å². The number of hydrogen-bond donors (Lipinski definition) is 1. The second kappa shape index (κ2) is 6.00. The number of rotatable bonds is 4. The molecule has 0 saturated carbocycles. The lowest BCUT2D eigenvalue weighted by atomic mass is 9.79. The van der Waals surface area contributed by atoms with E-state index in [2.05, 4.69) is 38.9 Å². The molecule has 1 aliphatic carbocycles. The minimum absolute atomic E-state index is 0.209. The fourth-order valence-electron chi connectivity index (χ4n) is 3.27. The highest BCUT2D eigenvalue weighted by Gasteiger charge is 2.31. The van der Waals surface area contributed by atoms with E-state index in [1.54, 1.807) is 13.3 Å². The van der Waals surface area contributed by atoms with Crippen LogP contribution in [-0.2, 0) is 0 Å². The molecule has 0 amide bonds. The van der Waals surface area contributed by atoms with E-state index in [9.17, 15) is 5.11 Å². The van der Waals surface area contributed by atoms with Crippen LogP contribution in [-0.4, -0.2) is 22.0 Å². The number of allylic oxidation sites excluding steroid dienone is 2. The first-order chi connectivity index (χ1) is 9.43. The summed E-state index contributed by atoms with van der Waals surface area (Å²) in [5.41, 5.74) is 2.18. The molecule has 112 valence electrons. The zero-order valence-electron chi connectivity index (χ0n) is 13.1. The molecule has 20 heavy (non-hydrogen) atoms. The van der Waals surface area contributed by atoms with Crippen LogP contribution in [0.15, 0.2) is 17.8 Å². The van der Waals surface area contributed by atoms with E-state index in [1.807, 2.05) is 4.68 Å². The number of hydrogen-bond acceptors (Lipinski definition) is 3. The molecule has 1 heterocycles. The fourth-order valence-corrected chi connectivity index (χ4v) is 3.27. The van der Waals surface area contributed by atoms with Crippen molar-refractivity contribution in [3.63, 3.8) is 0 Å². The quantitative estimate of drug-likeness (QED) is 0.857. The molecule has 0 aliphatic heterocycles. The van der Waals surface area contributed by atoms with Gasteiger partial charge in [0, 0.05) is 6.04 Å². The Balaban J connectivity index is 2.31. The number of methoxy groups -OCH3 is 1. The third-order valence-corrected chi connectivity index (χ3v) is 4.06. The predicted molar refractivity (Wildman–Crippen MR) is 79.8 cm³/mol. The molecule has 1 N–H and O–H groups in total. The van der Waals surface area contributed by atoms with Gasteiger partial charge in [-0.2, -0.15) is 5.10 Å². The molecule has 1 aliphatic rings. The number of ether oxygens (including phenoxy) is 1. The summed E-state index contributed by atoms with van der Waals surface area (Å²) in [6.07, 6.45) is 5.43. The van der Waals surface area contributed by atoms with E-state index < -0.39 is 6.10 Å². The zero-order chi connectivity index (χ0) is 14.9. The minimum Gasteiger partial charge on any atom is -0.493 e. The monoisotopic (exact) mass is 278 g/mol. The Kier molecular flexibility index (Phi) is 4.53. The van der Waals surface area contributed by atoms with Crippen LogP contribution in [0.3, 0.4) is 0 Å². The molecule has 0 spiro atoms. The highest BCUT2D eigenvalue weighted by Crippen LogP contribution is 2.40. The number of aromatic nitrogens is 2. The van der Waals surface area contributed by atoms with Crippen molar-refractivity contribution >= 4 is 0 Å². The first-order valence-corrected chi connectivity index (χ1v) is 7.40. The van der Waals surface area contributed by atoms with E-state index in [0.29, 0.717) is 11.7 Å². The van der Waals surface area contributed by atoms with E-state index in [1.165, 1.54) is 5.57 Å². The lowest BCUT2D eigenvalue weighted by Gasteiger charge is -2.30. The van der Waals surface area contributed by atoms with Crippen LogP contribution in [0.1, 0.15) is 58.4 Å². The predicted octanol–water partition coefficient (Wildman–Crippen LogP) is 3.50. The Labute approximate surface area is 121 Å². The lowest BCUT2D eigenvalue weighted by Crippen LogP contribution is -2.23. The zero-order valence-corrected chi connectivity index (χ0v) is 13.1. The molecule has 0 aromatic carbocycles. The smallest absolute Gasteiger partial charge is 0.162 e. The second-order valence-corrected chi connectivity index (χ2v) is 6.27. The summed E-state index contributed by atoms with van der Waals surface area (Å²) >= 11 is 0. The van der Waals surface area contributed by atoms with E-state index in [-0.39, 0.29) is 12.0 Å². The third-order valence-electron chi connectivity index (χ3n) is 4.06. The first-order valence-electron chi connectivity index (χ1n) is 7.40. The van der Waals surface area contributed by atoms with Crippen LogP contribution in [0.4, 0.5) is 0 Å². The summed E-state index contributed by atoms with van der Waals surface area (Å²) in [5, 5.41) is 15.2. The van der Waals surface area contributed by atoms with Crippen molar-refractivity contribution in [2.75, 3.05) is 7.11 Å². The highest BCUT2D eigenvalue weighted by molar-refractivity contribution is 5.29. The van der Waals surface area contributed by atoms with Crippen molar-refractivity contribution < 1.29 is 9.84 Å². The first kappa shape index (κ1) is 15.1. The molecule has 0 radical (unpaired) electrons. The van der Waals surface area contributed by atoms with Gasteiger partial charge >= 0.3 is 0 Å². The molecule has 4 nitrogen and oxygen atoms in total. The normalized spacial score (nSPS) is 24.6. The highest BCUT2D eigenvalue weighted by atomic mass is 16.5. The minimum atomic E-state index is -0.527. The fraction of sp³-hybridized carbons (Fsp3) is 0.688. The summed E-state index contributed by atoms with van der Waals surface area (Å²) in [6, 6.07) is 0.209. The van der Waals surface area contributed by atoms with Gasteiger partial charge < -0.3 is 9.84 Å². The van der Waals surface area contributed by atoms with Gasteiger partial charge in [-0.3, -0.25) is 4.68 Å². The van der Waals surface area contributed by atoms with Gasteiger partial charge in [-0.05, 0) is 45.4 Å². The summed E-state index contributed by atoms with van der Waals surface area (Å²) < 4.78 is 7.26. The molecule has 3 atom stereocenters. The van der Waals surface area contributed by atoms with Gasteiger partial charge in [0.15, 0.2) is 5.75 Å². The Morgan fingerprint density at radius 1 is 1.45 bits per heavy atom.